The van der Waals surface area contributed by atoms with E-state index in [0.717, 1.165) is 24.0 Å². The van der Waals surface area contributed by atoms with Gasteiger partial charge in [-0.25, -0.2) is 4.79 Å². The number of ether oxygens (including phenoxy) is 2. The molecule has 32 heavy (non-hydrogen) atoms. The van der Waals surface area contributed by atoms with Gasteiger partial charge in [0, 0.05) is 25.4 Å². The van der Waals surface area contributed by atoms with Crippen molar-refractivity contribution in [2.24, 2.45) is 0 Å². The summed E-state index contributed by atoms with van der Waals surface area (Å²) in [5.41, 5.74) is 3.02. The number of rotatable bonds is 5. The smallest absolute Gasteiger partial charge is 0.317 e. The number of nitriles is 1. The zero-order valence-electron chi connectivity index (χ0n) is 17.8. The van der Waals surface area contributed by atoms with Crippen molar-refractivity contribution in [2.75, 3.05) is 31.6 Å². The lowest BCUT2D eigenvalue weighted by molar-refractivity contribution is -0.124. The van der Waals surface area contributed by atoms with Gasteiger partial charge in [0.25, 0.3) is 5.91 Å². The Morgan fingerprint density at radius 2 is 2.00 bits per heavy atom. The van der Waals surface area contributed by atoms with Crippen LogP contribution in [0.5, 0.6) is 0 Å². The van der Waals surface area contributed by atoms with E-state index in [1.54, 1.807) is 17.0 Å². The van der Waals surface area contributed by atoms with E-state index in [1.807, 2.05) is 36.4 Å². The normalized spacial score (nSPS) is 20.4. The maximum atomic E-state index is 12.7. The van der Waals surface area contributed by atoms with Crippen LogP contribution in [-0.2, 0) is 20.8 Å². The summed E-state index contributed by atoms with van der Waals surface area (Å²) in [6, 6.07) is 16.6. The molecule has 0 spiro atoms. The molecule has 2 aliphatic heterocycles. The van der Waals surface area contributed by atoms with Gasteiger partial charge in [-0.3, -0.25) is 4.79 Å². The van der Waals surface area contributed by atoms with Crippen LogP contribution in [-0.4, -0.2) is 49.2 Å². The molecule has 2 aromatic carbocycles. The summed E-state index contributed by atoms with van der Waals surface area (Å²) in [5.74, 6) is -0.136. The summed E-state index contributed by atoms with van der Waals surface area (Å²) in [7, 11) is 0. The van der Waals surface area contributed by atoms with Gasteiger partial charge in [0.15, 0.2) is 0 Å². The average Bonchev–Trinajstić information content (AvgIpc) is 3.38. The Morgan fingerprint density at radius 1 is 1.12 bits per heavy atom. The van der Waals surface area contributed by atoms with Gasteiger partial charge in [0.1, 0.15) is 12.2 Å². The number of carbonyl (C=O) groups is 2. The third-order valence-corrected chi connectivity index (χ3v) is 5.60. The molecular formula is C24H26N4O4. The van der Waals surface area contributed by atoms with E-state index in [2.05, 4.69) is 16.7 Å². The molecule has 2 unspecified atom stereocenters. The van der Waals surface area contributed by atoms with Crippen LogP contribution in [0.2, 0.25) is 0 Å². The van der Waals surface area contributed by atoms with Crippen LogP contribution < -0.4 is 10.6 Å². The highest BCUT2D eigenvalue weighted by atomic mass is 16.5. The molecule has 2 atom stereocenters. The van der Waals surface area contributed by atoms with Crippen LogP contribution in [0.25, 0.3) is 0 Å². The van der Waals surface area contributed by atoms with Crippen molar-refractivity contribution in [3.05, 3.63) is 65.2 Å². The lowest BCUT2D eigenvalue weighted by Gasteiger charge is -2.33. The molecule has 0 saturated carbocycles. The number of nitrogens with one attached hydrogen (secondary N) is 2. The fourth-order valence-corrected chi connectivity index (χ4v) is 3.90. The minimum atomic E-state index is -0.388. The molecule has 0 aromatic heterocycles. The first-order chi connectivity index (χ1) is 15.6. The Hall–Kier alpha value is -3.41. The van der Waals surface area contributed by atoms with Crippen LogP contribution >= 0.6 is 0 Å². The van der Waals surface area contributed by atoms with E-state index in [1.165, 1.54) is 0 Å². The van der Waals surface area contributed by atoms with E-state index in [-0.39, 0.29) is 24.1 Å². The van der Waals surface area contributed by atoms with Crippen LogP contribution in [0, 0.1) is 11.3 Å². The Morgan fingerprint density at radius 3 is 2.81 bits per heavy atom. The van der Waals surface area contributed by atoms with E-state index < -0.39 is 0 Å². The van der Waals surface area contributed by atoms with Crippen LogP contribution in [0.15, 0.2) is 48.5 Å². The highest BCUT2D eigenvalue weighted by Crippen LogP contribution is 2.23. The summed E-state index contributed by atoms with van der Waals surface area (Å²) >= 11 is 0. The fraction of sp³-hybridized carbons (Fsp3) is 0.375. The molecule has 4 rings (SSSR count). The summed E-state index contributed by atoms with van der Waals surface area (Å²) in [6.07, 6.45) is 0.986. The third kappa shape index (κ3) is 5.44. The van der Waals surface area contributed by atoms with Gasteiger partial charge in [-0.05, 0) is 48.2 Å². The van der Waals surface area contributed by atoms with Gasteiger partial charge in [-0.1, -0.05) is 24.3 Å². The maximum Gasteiger partial charge on any atom is 0.317 e. The molecule has 2 fully saturated rings. The fourth-order valence-electron chi connectivity index (χ4n) is 3.90. The van der Waals surface area contributed by atoms with Gasteiger partial charge in [-0.2, -0.15) is 5.26 Å². The zero-order chi connectivity index (χ0) is 22.3. The molecule has 2 aromatic rings. The molecule has 2 saturated heterocycles. The summed E-state index contributed by atoms with van der Waals surface area (Å²) in [5, 5.41) is 14.9. The number of urea groups is 1. The lowest BCUT2D eigenvalue weighted by Crippen LogP contribution is -2.46. The Bertz CT molecular complexity index is 1010. The summed E-state index contributed by atoms with van der Waals surface area (Å²) in [4.78, 5) is 26.7. The summed E-state index contributed by atoms with van der Waals surface area (Å²) in [6.45, 7) is 2.31. The molecule has 0 bridgehead atoms. The highest BCUT2D eigenvalue weighted by molar-refractivity contribution is 5.94. The zero-order valence-corrected chi connectivity index (χ0v) is 17.8. The first-order valence-corrected chi connectivity index (χ1v) is 10.8. The SMILES string of the molecule is N#Cc1cccc(C2CN(C(=O)NCc3cccc(NC(=O)C4CCCO4)c3)CCO2)c1. The van der Waals surface area contributed by atoms with Gasteiger partial charge in [0.2, 0.25) is 0 Å². The molecule has 8 nitrogen and oxygen atoms in total. The van der Waals surface area contributed by atoms with E-state index in [0.29, 0.717) is 44.1 Å². The largest absolute Gasteiger partial charge is 0.370 e. The first kappa shape index (κ1) is 21.8. The van der Waals surface area contributed by atoms with Crippen LogP contribution in [0.3, 0.4) is 0 Å². The van der Waals surface area contributed by atoms with Gasteiger partial charge in [0.05, 0.1) is 24.8 Å². The second-order valence-corrected chi connectivity index (χ2v) is 7.89. The molecule has 8 heteroatoms. The number of anilines is 1. The lowest BCUT2D eigenvalue weighted by atomic mass is 10.1. The van der Waals surface area contributed by atoms with E-state index in [4.69, 9.17) is 14.7 Å². The Kier molecular flexibility index (Phi) is 7.00. The Balaban J connectivity index is 1.31. The van der Waals surface area contributed by atoms with E-state index >= 15 is 0 Å². The molecule has 2 N–H and O–H groups in total. The second-order valence-electron chi connectivity index (χ2n) is 7.89. The third-order valence-electron chi connectivity index (χ3n) is 5.60. The van der Waals surface area contributed by atoms with Crippen molar-refractivity contribution in [1.82, 2.24) is 10.2 Å². The quantitative estimate of drug-likeness (QED) is 0.753. The first-order valence-electron chi connectivity index (χ1n) is 10.8. The molecule has 2 aliphatic rings. The van der Waals surface area contributed by atoms with Gasteiger partial charge in [-0.15, -0.1) is 0 Å². The van der Waals surface area contributed by atoms with Crippen molar-refractivity contribution in [1.29, 1.82) is 5.26 Å². The predicted molar refractivity (Wildman–Crippen MR) is 118 cm³/mol. The molecule has 3 amide bonds. The minimum absolute atomic E-state index is 0.136. The summed E-state index contributed by atoms with van der Waals surface area (Å²) < 4.78 is 11.2. The van der Waals surface area contributed by atoms with Crippen molar-refractivity contribution in [2.45, 2.75) is 31.6 Å². The number of benzene rings is 2. The van der Waals surface area contributed by atoms with Crippen molar-refractivity contribution in [3.63, 3.8) is 0 Å². The monoisotopic (exact) mass is 434 g/mol. The molecule has 2 heterocycles. The maximum absolute atomic E-state index is 12.7. The molecule has 0 aliphatic carbocycles. The van der Waals surface area contributed by atoms with Gasteiger partial charge >= 0.3 is 6.03 Å². The van der Waals surface area contributed by atoms with E-state index in [9.17, 15) is 9.59 Å². The van der Waals surface area contributed by atoms with Crippen molar-refractivity contribution >= 4 is 17.6 Å². The number of morpholine rings is 1. The molecular weight excluding hydrogens is 408 g/mol. The number of nitrogens with zero attached hydrogens (tertiary/aromatic N) is 2. The van der Waals surface area contributed by atoms with Gasteiger partial charge < -0.3 is 25.0 Å². The minimum Gasteiger partial charge on any atom is -0.370 e. The predicted octanol–water partition coefficient (Wildman–Crippen LogP) is 2.96. The molecule has 0 radical (unpaired) electrons. The molecule has 166 valence electrons. The number of hydrogen-bond donors (Lipinski definition) is 2. The number of carbonyl (C=O) groups excluding carboxylic acids is 2. The Labute approximate surface area is 187 Å². The standard InChI is InChI=1S/C24H26N4O4/c25-14-17-4-1-6-19(12-17)22-16-28(9-11-32-22)24(30)26-15-18-5-2-7-20(13-18)27-23(29)21-8-3-10-31-21/h1-2,4-7,12-13,21-22H,3,8-11,15-16H2,(H,26,30)(H,27,29). The highest BCUT2D eigenvalue weighted by Gasteiger charge is 2.26. The van der Waals surface area contributed by atoms with Crippen LogP contribution in [0.1, 0.15) is 35.6 Å². The van der Waals surface area contributed by atoms with Crippen molar-refractivity contribution < 1.29 is 19.1 Å². The van der Waals surface area contributed by atoms with Crippen LogP contribution in [0.4, 0.5) is 10.5 Å². The second kappa shape index (κ2) is 10.3. The topological polar surface area (TPSA) is 104 Å². The number of amides is 3. The number of hydrogen-bond acceptors (Lipinski definition) is 5. The average molecular weight is 434 g/mol. The van der Waals surface area contributed by atoms with Crippen molar-refractivity contribution in [3.8, 4) is 6.07 Å².